The van der Waals surface area contributed by atoms with Crippen molar-refractivity contribution in [2.24, 2.45) is 5.73 Å². The van der Waals surface area contributed by atoms with E-state index in [4.69, 9.17) is 10.7 Å². The highest BCUT2D eigenvalue weighted by Gasteiger charge is 2.29. The van der Waals surface area contributed by atoms with E-state index in [1.54, 1.807) is 0 Å². The van der Waals surface area contributed by atoms with Gasteiger partial charge in [-0.3, -0.25) is 0 Å². The van der Waals surface area contributed by atoms with Gasteiger partial charge in [0.25, 0.3) is 0 Å². The van der Waals surface area contributed by atoms with Crippen LogP contribution < -0.4 is 5.73 Å². The largest absolute Gasteiger partial charge is 0.319 e. The highest BCUT2D eigenvalue weighted by Crippen LogP contribution is 2.30. The molecular weight excluding hydrogens is 224 g/mol. The molecule has 0 radical (unpaired) electrons. The molecule has 1 aromatic heterocycles. The normalized spacial score (nSPS) is 28.9. The van der Waals surface area contributed by atoms with Crippen molar-refractivity contribution in [3.63, 3.8) is 0 Å². The molecule has 1 fully saturated rings. The predicted octanol–water partition coefficient (Wildman–Crippen LogP) is 1.87. The molecule has 1 saturated heterocycles. The van der Waals surface area contributed by atoms with Crippen LogP contribution in [0.2, 0.25) is 0 Å². The lowest BCUT2D eigenvalue weighted by atomic mass is 10.1. The Morgan fingerprint density at radius 3 is 2.89 bits per heavy atom. The van der Waals surface area contributed by atoms with Crippen LogP contribution in [0.3, 0.4) is 0 Å². The molecule has 100 valence electrons. The van der Waals surface area contributed by atoms with Crippen LogP contribution in [-0.2, 0) is 6.42 Å². The molecule has 0 saturated carbocycles. The van der Waals surface area contributed by atoms with Crippen molar-refractivity contribution < 1.29 is 0 Å². The van der Waals surface area contributed by atoms with E-state index in [0.29, 0.717) is 12.0 Å². The Labute approximate surface area is 109 Å². The molecule has 1 aromatic rings. The molecule has 0 aliphatic carbocycles. The van der Waals surface area contributed by atoms with Gasteiger partial charge in [0, 0.05) is 31.1 Å². The topological polar surface area (TPSA) is 47.1 Å². The summed E-state index contributed by atoms with van der Waals surface area (Å²) >= 11 is 0. The molecule has 0 amide bonds. The maximum atomic E-state index is 6.15. The zero-order valence-electron chi connectivity index (χ0n) is 11.5. The SMILES string of the molecule is CC(C)N1CCC(c2cn3c(n2)CCCC3N)C1. The van der Waals surface area contributed by atoms with Gasteiger partial charge in [-0.15, -0.1) is 0 Å². The summed E-state index contributed by atoms with van der Waals surface area (Å²) in [5.41, 5.74) is 7.42. The number of likely N-dealkylation sites (tertiary alicyclic amines) is 1. The fraction of sp³-hybridized carbons (Fsp3) is 0.786. The van der Waals surface area contributed by atoms with Crippen LogP contribution in [0.5, 0.6) is 0 Å². The van der Waals surface area contributed by atoms with Crippen LogP contribution in [0, 0.1) is 0 Å². The first-order valence-corrected chi connectivity index (χ1v) is 7.22. The minimum absolute atomic E-state index is 0.151. The quantitative estimate of drug-likeness (QED) is 0.869. The molecule has 3 heterocycles. The second kappa shape index (κ2) is 4.67. The minimum atomic E-state index is 0.151. The van der Waals surface area contributed by atoms with E-state index in [9.17, 15) is 0 Å². The molecule has 0 spiro atoms. The maximum absolute atomic E-state index is 6.15. The lowest BCUT2D eigenvalue weighted by Gasteiger charge is -2.20. The zero-order valence-corrected chi connectivity index (χ0v) is 11.5. The summed E-state index contributed by atoms with van der Waals surface area (Å²) < 4.78 is 2.21. The van der Waals surface area contributed by atoms with E-state index in [0.717, 1.165) is 19.4 Å². The smallest absolute Gasteiger partial charge is 0.110 e. The Kier molecular flexibility index (Phi) is 3.16. The van der Waals surface area contributed by atoms with Crippen molar-refractivity contribution in [3.8, 4) is 0 Å². The fourth-order valence-corrected chi connectivity index (χ4v) is 3.23. The van der Waals surface area contributed by atoms with Crippen molar-refractivity contribution in [1.82, 2.24) is 14.5 Å². The van der Waals surface area contributed by atoms with Gasteiger partial charge in [0.2, 0.25) is 0 Å². The zero-order chi connectivity index (χ0) is 12.7. The van der Waals surface area contributed by atoms with E-state index in [-0.39, 0.29) is 6.17 Å². The van der Waals surface area contributed by atoms with Gasteiger partial charge in [0.05, 0.1) is 11.9 Å². The van der Waals surface area contributed by atoms with Crippen LogP contribution in [0.4, 0.5) is 0 Å². The molecule has 0 aromatic carbocycles. The molecule has 3 rings (SSSR count). The van der Waals surface area contributed by atoms with Gasteiger partial charge in [-0.1, -0.05) is 0 Å². The van der Waals surface area contributed by atoms with E-state index in [1.165, 1.54) is 30.9 Å². The molecule has 2 aliphatic heterocycles. The van der Waals surface area contributed by atoms with Gasteiger partial charge < -0.3 is 15.2 Å². The lowest BCUT2D eigenvalue weighted by Crippen LogP contribution is -2.27. The van der Waals surface area contributed by atoms with Crippen molar-refractivity contribution in [2.75, 3.05) is 13.1 Å². The Morgan fingerprint density at radius 1 is 1.39 bits per heavy atom. The molecule has 18 heavy (non-hydrogen) atoms. The van der Waals surface area contributed by atoms with E-state index >= 15 is 0 Å². The van der Waals surface area contributed by atoms with Gasteiger partial charge >= 0.3 is 0 Å². The van der Waals surface area contributed by atoms with Gasteiger partial charge in [0.1, 0.15) is 5.82 Å². The lowest BCUT2D eigenvalue weighted by molar-refractivity contribution is 0.272. The second-order valence-electron chi connectivity index (χ2n) is 6.02. The molecular formula is C14H24N4. The Morgan fingerprint density at radius 2 is 2.22 bits per heavy atom. The van der Waals surface area contributed by atoms with Gasteiger partial charge in [-0.25, -0.2) is 4.98 Å². The number of aromatic nitrogens is 2. The Balaban J connectivity index is 1.78. The number of nitrogens with zero attached hydrogens (tertiary/aromatic N) is 3. The number of fused-ring (bicyclic) bond motifs is 1. The third kappa shape index (κ3) is 2.08. The molecule has 4 nitrogen and oxygen atoms in total. The average Bonchev–Trinajstić information content (AvgIpc) is 2.95. The van der Waals surface area contributed by atoms with Crippen LogP contribution >= 0.6 is 0 Å². The number of aryl methyl sites for hydroxylation is 1. The summed E-state index contributed by atoms with van der Waals surface area (Å²) in [6.45, 7) is 6.91. The number of nitrogens with two attached hydrogens (primary N) is 1. The first-order chi connectivity index (χ1) is 8.65. The third-order valence-electron chi connectivity index (χ3n) is 4.45. The Hall–Kier alpha value is -0.870. The number of hydrogen-bond acceptors (Lipinski definition) is 3. The second-order valence-corrected chi connectivity index (χ2v) is 6.02. The van der Waals surface area contributed by atoms with Gasteiger partial charge in [-0.2, -0.15) is 0 Å². The summed E-state index contributed by atoms with van der Waals surface area (Å²) in [4.78, 5) is 7.38. The first kappa shape index (κ1) is 12.2. The number of rotatable bonds is 2. The van der Waals surface area contributed by atoms with Crippen LogP contribution in [0.1, 0.15) is 56.7 Å². The fourth-order valence-electron chi connectivity index (χ4n) is 3.23. The molecule has 2 aliphatic rings. The Bertz CT molecular complexity index is 423. The monoisotopic (exact) mass is 248 g/mol. The summed E-state index contributed by atoms with van der Waals surface area (Å²) in [5, 5.41) is 0. The van der Waals surface area contributed by atoms with Gasteiger partial charge in [0.15, 0.2) is 0 Å². The van der Waals surface area contributed by atoms with Crippen molar-refractivity contribution in [1.29, 1.82) is 0 Å². The highest BCUT2D eigenvalue weighted by atomic mass is 15.2. The standard InChI is InChI=1S/C14H24N4/c1-10(2)17-7-6-11(8-17)12-9-18-13(15)4-3-5-14(18)16-12/h9-11,13H,3-8,15H2,1-2H3. The van der Waals surface area contributed by atoms with E-state index < -0.39 is 0 Å². The first-order valence-electron chi connectivity index (χ1n) is 7.22. The molecule has 0 bridgehead atoms. The number of hydrogen-bond donors (Lipinski definition) is 1. The van der Waals surface area contributed by atoms with Crippen molar-refractivity contribution >= 4 is 0 Å². The van der Waals surface area contributed by atoms with E-state index in [1.807, 2.05) is 0 Å². The van der Waals surface area contributed by atoms with E-state index in [2.05, 4.69) is 29.5 Å². The highest BCUT2D eigenvalue weighted by molar-refractivity contribution is 5.14. The van der Waals surface area contributed by atoms with Crippen LogP contribution in [-0.4, -0.2) is 33.6 Å². The van der Waals surface area contributed by atoms with Crippen LogP contribution in [0.25, 0.3) is 0 Å². The van der Waals surface area contributed by atoms with Crippen LogP contribution in [0.15, 0.2) is 6.20 Å². The molecule has 4 heteroatoms. The third-order valence-corrected chi connectivity index (χ3v) is 4.45. The predicted molar refractivity (Wildman–Crippen MR) is 72.5 cm³/mol. The summed E-state index contributed by atoms with van der Waals surface area (Å²) in [7, 11) is 0. The summed E-state index contributed by atoms with van der Waals surface area (Å²) in [6.07, 6.45) is 6.97. The summed E-state index contributed by atoms with van der Waals surface area (Å²) in [6, 6.07) is 0.648. The maximum Gasteiger partial charge on any atom is 0.110 e. The molecule has 2 unspecified atom stereocenters. The number of imidazole rings is 1. The molecule has 2 N–H and O–H groups in total. The minimum Gasteiger partial charge on any atom is -0.319 e. The summed E-state index contributed by atoms with van der Waals surface area (Å²) in [5.74, 6) is 1.81. The van der Waals surface area contributed by atoms with Crippen molar-refractivity contribution in [2.45, 2.75) is 57.7 Å². The van der Waals surface area contributed by atoms with Gasteiger partial charge in [-0.05, 0) is 39.7 Å². The van der Waals surface area contributed by atoms with Crippen molar-refractivity contribution in [3.05, 3.63) is 17.7 Å². The molecule has 2 atom stereocenters. The average molecular weight is 248 g/mol.